The van der Waals surface area contributed by atoms with E-state index in [1.807, 2.05) is 47.3 Å². The Bertz CT molecular complexity index is 723. The fraction of sp³-hybridized carbons (Fsp3) is 0.200. The van der Waals surface area contributed by atoms with Crippen molar-refractivity contribution in [2.75, 3.05) is 6.54 Å². The molecule has 0 atom stereocenters. The van der Waals surface area contributed by atoms with Gasteiger partial charge in [-0.25, -0.2) is 0 Å². The molecule has 0 bridgehead atoms. The molecule has 0 spiro atoms. The van der Waals surface area contributed by atoms with Gasteiger partial charge < -0.3 is 5.32 Å². The molecule has 0 saturated carbocycles. The van der Waals surface area contributed by atoms with Gasteiger partial charge in [-0.1, -0.05) is 34.8 Å². The van der Waals surface area contributed by atoms with Crippen LogP contribution < -0.4 is 5.32 Å². The van der Waals surface area contributed by atoms with Crippen molar-refractivity contribution in [3.63, 3.8) is 0 Å². The van der Waals surface area contributed by atoms with E-state index in [-0.39, 0.29) is 5.91 Å². The standard InChI is InChI=1S/C15H15N5OS/c21-15(16-8-4-10-20-11-5-9-17-20)13-14(22-19-18-13)12-6-2-1-3-7-12/h1-3,5-7,9,11H,4,8,10H2,(H,16,21). The molecule has 0 aliphatic rings. The summed E-state index contributed by atoms with van der Waals surface area (Å²) in [6.07, 6.45) is 4.46. The third kappa shape index (κ3) is 3.37. The Balaban J connectivity index is 1.58. The number of amides is 1. The molecule has 3 rings (SSSR count). The average molecular weight is 313 g/mol. The van der Waals surface area contributed by atoms with Gasteiger partial charge in [0, 0.05) is 25.5 Å². The van der Waals surface area contributed by atoms with Crippen LogP contribution >= 0.6 is 11.5 Å². The molecule has 112 valence electrons. The second-order valence-corrected chi connectivity index (χ2v) is 5.45. The van der Waals surface area contributed by atoms with Crippen LogP contribution in [-0.2, 0) is 6.54 Å². The maximum absolute atomic E-state index is 12.2. The molecule has 1 amide bonds. The zero-order valence-corrected chi connectivity index (χ0v) is 12.7. The van der Waals surface area contributed by atoms with Gasteiger partial charge in [0.2, 0.25) is 0 Å². The Kier molecular flexibility index (Phi) is 4.55. The SMILES string of the molecule is O=C(NCCCn1cccn1)c1nnsc1-c1ccccc1. The van der Waals surface area contributed by atoms with E-state index in [0.29, 0.717) is 12.2 Å². The molecular weight excluding hydrogens is 298 g/mol. The first kappa shape index (κ1) is 14.4. The summed E-state index contributed by atoms with van der Waals surface area (Å²) in [4.78, 5) is 13.0. The molecule has 0 unspecified atom stereocenters. The number of carbonyl (C=O) groups excluding carboxylic acids is 1. The monoisotopic (exact) mass is 313 g/mol. The Morgan fingerprint density at radius 1 is 1.23 bits per heavy atom. The zero-order chi connectivity index (χ0) is 15.2. The Morgan fingerprint density at radius 3 is 2.86 bits per heavy atom. The van der Waals surface area contributed by atoms with Crippen LogP contribution in [0.15, 0.2) is 48.8 Å². The number of benzene rings is 1. The average Bonchev–Trinajstić information content (AvgIpc) is 3.23. The summed E-state index contributed by atoms with van der Waals surface area (Å²) in [7, 11) is 0. The van der Waals surface area contributed by atoms with E-state index in [0.717, 1.165) is 23.4 Å². The third-order valence-corrected chi connectivity index (χ3v) is 3.92. The number of hydrogen-bond acceptors (Lipinski definition) is 5. The summed E-state index contributed by atoms with van der Waals surface area (Å²) >= 11 is 1.23. The number of rotatable bonds is 6. The lowest BCUT2D eigenvalue weighted by atomic mass is 10.1. The largest absolute Gasteiger partial charge is 0.351 e. The maximum Gasteiger partial charge on any atom is 0.273 e. The molecule has 1 N–H and O–H groups in total. The number of hydrogen-bond donors (Lipinski definition) is 1. The first-order chi connectivity index (χ1) is 10.8. The van der Waals surface area contributed by atoms with Gasteiger partial charge in [-0.2, -0.15) is 5.10 Å². The number of nitrogens with zero attached hydrogens (tertiary/aromatic N) is 4. The Hall–Kier alpha value is -2.54. The minimum atomic E-state index is -0.187. The molecule has 0 fully saturated rings. The molecule has 0 aliphatic carbocycles. The molecule has 2 heterocycles. The van der Waals surface area contributed by atoms with E-state index >= 15 is 0 Å². The third-order valence-electron chi connectivity index (χ3n) is 3.15. The van der Waals surface area contributed by atoms with Crippen molar-refractivity contribution < 1.29 is 4.79 Å². The molecule has 0 aliphatic heterocycles. The summed E-state index contributed by atoms with van der Waals surface area (Å²) in [5, 5.41) is 11.0. The van der Waals surface area contributed by atoms with Crippen molar-refractivity contribution in [2.45, 2.75) is 13.0 Å². The minimum Gasteiger partial charge on any atom is -0.351 e. The van der Waals surface area contributed by atoms with Crippen molar-refractivity contribution in [1.82, 2.24) is 24.7 Å². The normalized spacial score (nSPS) is 10.5. The summed E-state index contributed by atoms with van der Waals surface area (Å²) < 4.78 is 5.74. The molecule has 6 nitrogen and oxygen atoms in total. The van der Waals surface area contributed by atoms with Gasteiger partial charge in [0.25, 0.3) is 5.91 Å². The molecule has 2 aromatic heterocycles. The smallest absolute Gasteiger partial charge is 0.273 e. The van der Waals surface area contributed by atoms with E-state index in [1.165, 1.54) is 11.5 Å². The van der Waals surface area contributed by atoms with Crippen LogP contribution in [0.4, 0.5) is 0 Å². The highest BCUT2D eigenvalue weighted by Gasteiger charge is 2.17. The topological polar surface area (TPSA) is 72.7 Å². The van der Waals surface area contributed by atoms with Gasteiger partial charge in [0.05, 0.1) is 4.88 Å². The van der Waals surface area contributed by atoms with E-state index < -0.39 is 0 Å². The lowest BCUT2D eigenvalue weighted by Crippen LogP contribution is -2.26. The quantitative estimate of drug-likeness (QED) is 0.708. The van der Waals surface area contributed by atoms with Gasteiger partial charge in [0.15, 0.2) is 5.69 Å². The molecule has 3 aromatic rings. The highest BCUT2D eigenvalue weighted by Crippen LogP contribution is 2.25. The van der Waals surface area contributed by atoms with Gasteiger partial charge in [-0.3, -0.25) is 9.48 Å². The number of nitrogens with one attached hydrogen (secondary N) is 1. The highest BCUT2D eigenvalue weighted by molar-refractivity contribution is 7.09. The Morgan fingerprint density at radius 2 is 2.09 bits per heavy atom. The van der Waals surface area contributed by atoms with Crippen LogP contribution in [0.5, 0.6) is 0 Å². The number of aryl methyl sites for hydroxylation is 1. The second-order valence-electron chi connectivity index (χ2n) is 4.70. The van der Waals surface area contributed by atoms with Crippen molar-refractivity contribution >= 4 is 17.4 Å². The van der Waals surface area contributed by atoms with Gasteiger partial charge in [-0.15, -0.1) is 5.10 Å². The lowest BCUT2D eigenvalue weighted by molar-refractivity contribution is 0.0948. The van der Waals surface area contributed by atoms with E-state index in [1.54, 1.807) is 6.20 Å². The van der Waals surface area contributed by atoms with E-state index in [4.69, 9.17) is 0 Å². The fourth-order valence-electron chi connectivity index (χ4n) is 2.08. The van der Waals surface area contributed by atoms with Crippen molar-refractivity contribution in [2.24, 2.45) is 0 Å². The Labute approximate surface area is 132 Å². The van der Waals surface area contributed by atoms with Crippen LogP contribution in [0.3, 0.4) is 0 Å². The first-order valence-corrected chi connectivity index (χ1v) is 7.75. The minimum absolute atomic E-state index is 0.187. The molecule has 7 heteroatoms. The van der Waals surface area contributed by atoms with Crippen molar-refractivity contribution in [3.05, 3.63) is 54.5 Å². The maximum atomic E-state index is 12.2. The summed E-state index contributed by atoms with van der Waals surface area (Å²) in [6, 6.07) is 11.6. The highest BCUT2D eigenvalue weighted by atomic mass is 32.1. The number of carbonyl (C=O) groups is 1. The molecule has 22 heavy (non-hydrogen) atoms. The molecule has 0 saturated heterocycles. The van der Waals surface area contributed by atoms with Gasteiger partial charge >= 0.3 is 0 Å². The predicted molar refractivity (Wildman–Crippen MR) is 84.5 cm³/mol. The fourth-order valence-corrected chi connectivity index (χ4v) is 2.74. The molecule has 1 aromatic carbocycles. The van der Waals surface area contributed by atoms with Crippen LogP contribution in [0, 0.1) is 0 Å². The van der Waals surface area contributed by atoms with Crippen LogP contribution in [0.2, 0.25) is 0 Å². The predicted octanol–water partition coefficient (Wildman–Crippen LogP) is 2.22. The lowest BCUT2D eigenvalue weighted by Gasteiger charge is -2.05. The zero-order valence-electron chi connectivity index (χ0n) is 11.8. The van der Waals surface area contributed by atoms with Crippen molar-refractivity contribution in [3.8, 4) is 10.4 Å². The van der Waals surface area contributed by atoms with Crippen LogP contribution in [0.25, 0.3) is 10.4 Å². The summed E-state index contributed by atoms with van der Waals surface area (Å²) in [6.45, 7) is 1.35. The van der Waals surface area contributed by atoms with Crippen LogP contribution in [0.1, 0.15) is 16.9 Å². The van der Waals surface area contributed by atoms with Gasteiger partial charge in [0.1, 0.15) is 0 Å². The second kappa shape index (κ2) is 6.95. The van der Waals surface area contributed by atoms with E-state index in [9.17, 15) is 4.79 Å². The summed E-state index contributed by atoms with van der Waals surface area (Å²) in [5.74, 6) is -0.187. The summed E-state index contributed by atoms with van der Waals surface area (Å²) in [5.41, 5.74) is 1.34. The van der Waals surface area contributed by atoms with Crippen molar-refractivity contribution in [1.29, 1.82) is 0 Å². The first-order valence-electron chi connectivity index (χ1n) is 6.98. The van der Waals surface area contributed by atoms with Gasteiger partial charge in [-0.05, 0) is 29.6 Å². The van der Waals surface area contributed by atoms with E-state index in [2.05, 4.69) is 20.0 Å². The number of aromatic nitrogens is 4. The molecule has 0 radical (unpaired) electrons. The van der Waals surface area contributed by atoms with Crippen LogP contribution in [-0.4, -0.2) is 31.8 Å². The molecular formula is C15H15N5OS.